The molecule has 0 saturated carbocycles. The normalized spacial score (nSPS) is 16.1. The van der Waals surface area contributed by atoms with E-state index < -0.39 is 38.5 Å². The Kier molecular flexibility index (Phi) is 13.7. The zero-order valence-electron chi connectivity index (χ0n) is 33.3. The standard InChI is InChI=1S/C47H52BrFN2O5Si/c1-47(2,3)57(4,5)56-42(35-21-24-37(49)25-22-35)28-27-41(45(52)51-39(32-55-46(51)53)29-33-15-9-6-10-16-33)44(50-38-19-13-8-14-20-38)40-26-23-36(48)30-43(40)54-31-34-17-11-7-12-18-34/h6-26,30,39,41-42,44,50H,27-29,31-32H2,1-5H3/t39-,41+,42-,44+/m0/s1. The van der Waals surface area contributed by atoms with E-state index in [1.54, 1.807) is 12.1 Å². The molecule has 298 valence electrons. The highest BCUT2D eigenvalue weighted by molar-refractivity contribution is 9.10. The van der Waals surface area contributed by atoms with Crippen molar-refractivity contribution in [2.75, 3.05) is 11.9 Å². The van der Waals surface area contributed by atoms with Crippen LogP contribution in [0, 0.1) is 11.7 Å². The van der Waals surface area contributed by atoms with Crippen LogP contribution in [-0.4, -0.2) is 37.9 Å². The Bertz CT molecular complexity index is 2080. The minimum absolute atomic E-state index is 0.0966. The van der Waals surface area contributed by atoms with Gasteiger partial charge < -0.3 is 19.2 Å². The molecule has 1 heterocycles. The molecule has 4 atom stereocenters. The second-order valence-electron chi connectivity index (χ2n) is 16.2. The van der Waals surface area contributed by atoms with E-state index >= 15 is 4.79 Å². The van der Waals surface area contributed by atoms with Crippen molar-refractivity contribution in [3.8, 4) is 5.75 Å². The molecule has 1 fully saturated rings. The van der Waals surface area contributed by atoms with Crippen molar-refractivity contribution in [1.29, 1.82) is 0 Å². The Hall–Kier alpha value is -4.77. The summed E-state index contributed by atoms with van der Waals surface area (Å²) in [5.41, 5.74) is 4.38. The van der Waals surface area contributed by atoms with Gasteiger partial charge in [0, 0.05) is 15.7 Å². The molecule has 0 radical (unpaired) electrons. The van der Waals surface area contributed by atoms with Crippen LogP contribution in [0.2, 0.25) is 18.1 Å². The van der Waals surface area contributed by atoms with Crippen molar-refractivity contribution < 1.29 is 27.9 Å². The first-order valence-corrected chi connectivity index (χ1v) is 23.2. The van der Waals surface area contributed by atoms with Crippen molar-refractivity contribution >= 4 is 41.9 Å². The summed E-state index contributed by atoms with van der Waals surface area (Å²) >= 11 is 3.65. The highest BCUT2D eigenvalue weighted by Gasteiger charge is 2.45. The van der Waals surface area contributed by atoms with E-state index in [1.807, 2.05) is 109 Å². The maximum Gasteiger partial charge on any atom is 0.416 e. The SMILES string of the molecule is CC(C)(C)[Si](C)(C)O[C@@H](CC[C@@H](C(=O)N1C(=O)OC[C@@H]1Cc1ccccc1)[C@H](Nc1ccccc1)c1ccc(Br)cc1OCc1ccccc1)c1ccc(F)cc1. The summed E-state index contributed by atoms with van der Waals surface area (Å²) in [7, 11) is -2.37. The van der Waals surface area contributed by atoms with Crippen molar-refractivity contribution in [3.05, 3.63) is 166 Å². The average Bonchev–Trinajstić information content (AvgIpc) is 3.56. The molecule has 5 aromatic carbocycles. The van der Waals surface area contributed by atoms with E-state index in [0.29, 0.717) is 31.6 Å². The smallest absolute Gasteiger partial charge is 0.416 e. The lowest BCUT2D eigenvalue weighted by Crippen LogP contribution is -2.46. The summed E-state index contributed by atoms with van der Waals surface area (Å²) < 4.78 is 34.4. The second kappa shape index (κ2) is 18.7. The van der Waals surface area contributed by atoms with Crippen LogP contribution in [0.1, 0.15) is 68.0 Å². The van der Waals surface area contributed by atoms with E-state index in [-0.39, 0.29) is 23.4 Å². The number of para-hydroxylation sites is 1. The highest BCUT2D eigenvalue weighted by Crippen LogP contribution is 2.44. The predicted molar refractivity (Wildman–Crippen MR) is 230 cm³/mol. The van der Waals surface area contributed by atoms with Crippen molar-refractivity contribution in [2.24, 2.45) is 5.92 Å². The zero-order valence-corrected chi connectivity index (χ0v) is 35.9. The van der Waals surface area contributed by atoms with Crippen molar-refractivity contribution in [3.63, 3.8) is 0 Å². The number of cyclic esters (lactones) is 1. The van der Waals surface area contributed by atoms with Gasteiger partial charge in [0.15, 0.2) is 8.32 Å². The van der Waals surface area contributed by atoms with Crippen molar-refractivity contribution in [2.45, 2.75) is 83.0 Å². The van der Waals surface area contributed by atoms with Crippen LogP contribution in [-0.2, 0) is 27.0 Å². The molecule has 5 aromatic rings. The highest BCUT2D eigenvalue weighted by atomic mass is 79.9. The van der Waals surface area contributed by atoms with E-state index in [0.717, 1.165) is 32.4 Å². The van der Waals surface area contributed by atoms with Gasteiger partial charge in [0.25, 0.3) is 0 Å². The molecule has 57 heavy (non-hydrogen) atoms. The third kappa shape index (κ3) is 10.8. The van der Waals surface area contributed by atoms with Gasteiger partial charge >= 0.3 is 6.09 Å². The summed E-state index contributed by atoms with van der Waals surface area (Å²) in [5, 5.41) is 3.60. The lowest BCUT2D eigenvalue weighted by Gasteiger charge is -2.40. The molecule has 0 unspecified atom stereocenters. The van der Waals surface area contributed by atoms with Gasteiger partial charge in [-0.25, -0.2) is 14.1 Å². The summed E-state index contributed by atoms with van der Waals surface area (Å²) in [6, 6.07) is 40.6. The van der Waals surface area contributed by atoms with Crippen LogP contribution in [0.3, 0.4) is 0 Å². The quantitative estimate of drug-likeness (QED) is 0.0997. The predicted octanol–water partition coefficient (Wildman–Crippen LogP) is 12.1. The Morgan fingerprint density at radius 1 is 0.877 bits per heavy atom. The van der Waals surface area contributed by atoms with E-state index in [1.165, 1.54) is 17.0 Å². The monoisotopic (exact) mass is 850 g/mol. The van der Waals surface area contributed by atoms with Gasteiger partial charge in [-0.05, 0) is 90.5 Å². The molecule has 1 N–H and O–H groups in total. The van der Waals surface area contributed by atoms with E-state index in [4.69, 9.17) is 13.9 Å². The first-order chi connectivity index (χ1) is 27.3. The number of halogens is 2. The molecule has 1 aliphatic rings. The third-order valence-corrected chi connectivity index (χ3v) is 16.1. The molecule has 2 amide bonds. The molecule has 7 nitrogen and oxygen atoms in total. The molecule has 1 aliphatic heterocycles. The molecule has 0 aromatic heterocycles. The van der Waals surface area contributed by atoms with Crippen LogP contribution in [0.5, 0.6) is 5.75 Å². The number of ether oxygens (including phenoxy) is 2. The zero-order chi connectivity index (χ0) is 40.6. The molecule has 0 bridgehead atoms. The van der Waals surface area contributed by atoms with Gasteiger partial charge in [-0.2, -0.15) is 0 Å². The first kappa shape index (κ1) is 41.8. The van der Waals surface area contributed by atoms with Gasteiger partial charge in [-0.3, -0.25) is 4.79 Å². The average molecular weight is 852 g/mol. The second-order valence-corrected chi connectivity index (χ2v) is 21.8. The summed E-state index contributed by atoms with van der Waals surface area (Å²) in [6.45, 7) is 11.3. The van der Waals surface area contributed by atoms with E-state index in [9.17, 15) is 9.18 Å². The topological polar surface area (TPSA) is 77.1 Å². The van der Waals surface area contributed by atoms with Gasteiger partial charge in [0.1, 0.15) is 24.8 Å². The number of amides is 2. The Morgan fingerprint density at radius 2 is 1.49 bits per heavy atom. The molecule has 1 saturated heterocycles. The maximum absolute atomic E-state index is 15.4. The lowest BCUT2D eigenvalue weighted by atomic mass is 9.85. The van der Waals surface area contributed by atoms with E-state index in [2.05, 4.69) is 55.1 Å². The molecule has 6 rings (SSSR count). The Labute approximate surface area is 345 Å². The number of imide groups is 1. The molecule has 10 heteroatoms. The number of anilines is 1. The van der Waals surface area contributed by atoms with Crippen LogP contribution >= 0.6 is 15.9 Å². The fourth-order valence-corrected chi connectivity index (χ4v) is 8.61. The van der Waals surface area contributed by atoms with Gasteiger partial charge in [-0.15, -0.1) is 0 Å². The maximum atomic E-state index is 15.4. The number of benzene rings is 5. The van der Waals surface area contributed by atoms with Gasteiger partial charge in [-0.1, -0.05) is 134 Å². The number of hydrogen-bond donors (Lipinski definition) is 1. The molecular weight excluding hydrogens is 800 g/mol. The van der Waals surface area contributed by atoms with Crippen LogP contribution < -0.4 is 10.1 Å². The first-order valence-electron chi connectivity index (χ1n) is 19.5. The number of hydrogen-bond acceptors (Lipinski definition) is 6. The number of carbonyl (C=O) groups excluding carboxylic acids is 2. The minimum atomic E-state index is -2.37. The fourth-order valence-electron chi connectivity index (χ4n) is 6.95. The van der Waals surface area contributed by atoms with Crippen LogP contribution in [0.25, 0.3) is 0 Å². The Morgan fingerprint density at radius 3 is 2.12 bits per heavy atom. The van der Waals surface area contributed by atoms with Crippen molar-refractivity contribution in [1.82, 2.24) is 4.90 Å². The third-order valence-electron chi connectivity index (χ3n) is 11.1. The molecule has 0 spiro atoms. The number of rotatable bonds is 16. The minimum Gasteiger partial charge on any atom is -0.489 e. The van der Waals surface area contributed by atoms with Gasteiger partial charge in [0.05, 0.1) is 24.1 Å². The fraction of sp³-hybridized carbons (Fsp3) is 0.319. The summed E-state index contributed by atoms with van der Waals surface area (Å²) in [6.07, 6.45) is 0.0931. The Balaban J connectivity index is 1.45. The van der Waals surface area contributed by atoms with Crippen LogP contribution in [0.4, 0.5) is 14.9 Å². The number of carbonyl (C=O) groups is 2. The number of nitrogens with zero attached hydrogens (tertiary/aromatic N) is 1. The van der Waals surface area contributed by atoms with Crippen LogP contribution in [0.15, 0.2) is 138 Å². The number of nitrogens with one attached hydrogen (secondary N) is 1. The lowest BCUT2D eigenvalue weighted by molar-refractivity contribution is -0.134. The molecular formula is C47H52BrFN2O5Si. The summed E-state index contributed by atoms with van der Waals surface area (Å²) in [5.74, 6) is -0.897. The summed E-state index contributed by atoms with van der Waals surface area (Å²) in [4.78, 5) is 30.4. The largest absolute Gasteiger partial charge is 0.489 e. The van der Waals surface area contributed by atoms with Gasteiger partial charge in [0.2, 0.25) is 5.91 Å². The molecule has 0 aliphatic carbocycles.